The fraction of sp³-hybridized carbons (Fsp3) is 0.500. The fourth-order valence-corrected chi connectivity index (χ4v) is 2.49. The molecule has 1 amide bonds. The highest BCUT2D eigenvalue weighted by Crippen LogP contribution is 2.19. The summed E-state index contributed by atoms with van der Waals surface area (Å²) in [5, 5.41) is 3.13. The number of rotatable bonds is 3. The SMILES string of the molecule is CNCC1CCN(C(=O)c2cc(F)cc(F)c2)CC1.Cl. The van der Waals surface area contributed by atoms with Crippen LogP contribution in [0.2, 0.25) is 0 Å². The third-order valence-electron chi connectivity index (χ3n) is 3.50. The van der Waals surface area contributed by atoms with Crippen molar-refractivity contribution in [1.29, 1.82) is 0 Å². The van der Waals surface area contributed by atoms with Crippen LogP contribution >= 0.6 is 12.4 Å². The molecule has 112 valence electrons. The van der Waals surface area contributed by atoms with Crippen LogP contribution in [0, 0.1) is 17.6 Å². The quantitative estimate of drug-likeness (QED) is 0.930. The van der Waals surface area contributed by atoms with Gasteiger partial charge in [0.1, 0.15) is 11.6 Å². The van der Waals surface area contributed by atoms with Crippen molar-refractivity contribution >= 4 is 18.3 Å². The molecule has 2 rings (SSSR count). The average Bonchev–Trinajstić information content (AvgIpc) is 2.38. The molecule has 0 saturated carbocycles. The normalized spacial score (nSPS) is 15.8. The van der Waals surface area contributed by atoms with Crippen LogP contribution in [-0.2, 0) is 0 Å². The smallest absolute Gasteiger partial charge is 0.254 e. The molecule has 1 heterocycles. The van der Waals surface area contributed by atoms with E-state index in [9.17, 15) is 13.6 Å². The molecule has 1 saturated heterocycles. The number of hydrogen-bond acceptors (Lipinski definition) is 2. The molecule has 3 nitrogen and oxygen atoms in total. The maximum absolute atomic E-state index is 13.1. The molecule has 0 bridgehead atoms. The van der Waals surface area contributed by atoms with Gasteiger partial charge < -0.3 is 10.2 Å². The number of likely N-dealkylation sites (tertiary alicyclic amines) is 1. The molecule has 0 aromatic heterocycles. The average molecular weight is 305 g/mol. The Balaban J connectivity index is 0.00000200. The molecule has 0 unspecified atom stereocenters. The van der Waals surface area contributed by atoms with Gasteiger partial charge in [-0.3, -0.25) is 4.79 Å². The van der Waals surface area contributed by atoms with Crippen molar-refractivity contribution in [2.45, 2.75) is 12.8 Å². The Bertz CT molecular complexity index is 442. The standard InChI is InChI=1S/C14H18F2N2O.ClH/c1-17-9-10-2-4-18(5-3-10)14(19)11-6-12(15)8-13(16)7-11;/h6-8,10,17H,2-5,9H2,1H3;1H. The zero-order chi connectivity index (χ0) is 13.8. The Morgan fingerprint density at radius 3 is 2.30 bits per heavy atom. The van der Waals surface area contributed by atoms with Crippen LogP contribution in [-0.4, -0.2) is 37.5 Å². The van der Waals surface area contributed by atoms with Crippen LogP contribution in [0.25, 0.3) is 0 Å². The maximum atomic E-state index is 13.1. The molecule has 6 heteroatoms. The van der Waals surface area contributed by atoms with Gasteiger partial charge in [0.15, 0.2) is 0 Å². The highest BCUT2D eigenvalue weighted by atomic mass is 35.5. The molecule has 0 radical (unpaired) electrons. The van der Waals surface area contributed by atoms with Gasteiger partial charge in [-0.1, -0.05) is 0 Å². The van der Waals surface area contributed by atoms with E-state index in [-0.39, 0.29) is 23.9 Å². The molecule has 0 atom stereocenters. The van der Waals surface area contributed by atoms with E-state index in [0.29, 0.717) is 19.0 Å². The maximum Gasteiger partial charge on any atom is 0.254 e. The summed E-state index contributed by atoms with van der Waals surface area (Å²) < 4.78 is 26.2. The molecule has 0 spiro atoms. The number of carbonyl (C=O) groups excluding carboxylic acids is 1. The molecule has 1 fully saturated rings. The minimum atomic E-state index is -0.714. The Morgan fingerprint density at radius 1 is 1.25 bits per heavy atom. The van der Waals surface area contributed by atoms with E-state index >= 15 is 0 Å². The molecule has 1 aromatic rings. The number of halogens is 3. The number of nitrogens with zero attached hydrogens (tertiary/aromatic N) is 1. The van der Waals surface area contributed by atoms with Gasteiger partial charge in [-0.25, -0.2) is 8.78 Å². The second kappa shape index (κ2) is 7.55. The summed E-state index contributed by atoms with van der Waals surface area (Å²) in [6, 6.07) is 2.95. The Kier molecular flexibility index (Phi) is 6.36. The summed E-state index contributed by atoms with van der Waals surface area (Å²) in [4.78, 5) is 13.8. The van der Waals surface area contributed by atoms with Gasteiger partial charge in [0.2, 0.25) is 0 Å². The number of carbonyl (C=O) groups is 1. The Hall–Kier alpha value is -1.20. The van der Waals surface area contributed by atoms with E-state index in [1.807, 2.05) is 7.05 Å². The van der Waals surface area contributed by atoms with Gasteiger partial charge in [-0.05, 0) is 44.5 Å². The number of amides is 1. The lowest BCUT2D eigenvalue weighted by atomic mass is 9.96. The summed E-state index contributed by atoms with van der Waals surface area (Å²) >= 11 is 0. The summed E-state index contributed by atoms with van der Waals surface area (Å²) in [6.45, 7) is 2.23. The molecule has 1 aliphatic rings. The fourth-order valence-electron chi connectivity index (χ4n) is 2.49. The first-order chi connectivity index (χ1) is 9.10. The summed E-state index contributed by atoms with van der Waals surface area (Å²) in [5.41, 5.74) is 0.0876. The lowest BCUT2D eigenvalue weighted by Gasteiger charge is -2.32. The summed E-state index contributed by atoms with van der Waals surface area (Å²) in [7, 11) is 1.91. The van der Waals surface area contributed by atoms with Crippen molar-refractivity contribution in [2.75, 3.05) is 26.7 Å². The van der Waals surface area contributed by atoms with Gasteiger partial charge in [0.25, 0.3) is 5.91 Å². The zero-order valence-electron chi connectivity index (χ0n) is 11.4. The third-order valence-corrected chi connectivity index (χ3v) is 3.50. The summed E-state index contributed by atoms with van der Waals surface area (Å²) in [6.07, 6.45) is 1.84. The number of piperidine rings is 1. The number of benzene rings is 1. The molecular weight excluding hydrogens is 286 g/mol. The first kappa shape index (κ1) is 16.9. The third kappa shape index (κ3) is 4.15. The van der Waals surface area contributed by atoms with Crippen molar-refractivity contribution in [2.24, 2.45) is 5.92 Å². The molecule has 1 N–H and O–H groups in total. The van der Waals surface area contributed by atoms with Gasteiger partial charge in [-0.2, -0.15) is 0 Å². The van der Waals surface area contributed by atoms with Gasteiger partial charge in [0, 0.05) is 24.7 Å². The predicted octanol–water partition coefficient (Wildman–Crippen LogP) is 2.46. The van der Waals surface area contributed by atoms with Crippen molar-refractivity contribution in [3.63, 3.8) is 0 Å². The topological polar surface area (TPSA) is 32.3 Å². The second-order valence-electron chi connectivity index (χ2n) is 4.95. The molecule has 20 heavy (non-hydrogen) atoms. The van der Waals surface area contributed by atoms with E-state index in [1.54, 1.807) is 4.90 Å². The molecule has 1 aliphatic heterocycles. The number of nitrogens with one attached hydrogen (secondary N) is 1. The minimum Gasteiger partial charge on any atom is -0.339 e. The van der Waals surface area contributed by atoms with Crippen molar-refractivity contribution in [3.05, 3.63) is 35.4 Å². The zero-order valence-corrected chi connectivity index (χ0v) is 12.2. The van der Waals surface area contributed by atoms with Gasteiger partial charge in [0.05, 0.1) is 0 Å². The lowest BCUT2D eigenvalue weighted by molar-refractivity contribution is 0.0690. The van der Waals surface area contributed by atoms with Crippen LogP contribution in [0.15, 0.2) is 18.2 Å². The first-order valence-corrected chi connectivity index (χ1v) is 6.50. The van der Waals surface area contributed by atoms with Crippen LogP contribution < -0.4 is 5.32 Å². The highest BCUT2D eigenvalue weighted by Gasteiger charge is 2.23. The molecule has 0 aliphatic carbocycles. The van der Waals surface area contributed by atoms with E-state index in [2.05, 4.69) is 5.32 Å². The Labute approximate surface area is 123 Å². The van der Waals surface area contributed by atoms with Gasteiger partial charge in [-0.15, -0.1) is 12.4 Å². The lowest BCUT2D eigenvalue weighted by Crippen LogP contribution is -2.40. The van der Waals surface area contributed by atoms with Crippen molar-refractivity contribution in [3.8, 4) is 0 Å². The monoisotopic (exact) mass is 304 g/mol. The minimum absolute atomic E-state index is 0. The van der Waals surface area contributed by atoms with Gasteiger partial charge >= 0.3 is 0 Å². The van der Waals surface area contributed by atoms with E-state index < -0.39 is 11.6 Å². The van der Waals surface area contributed by atoms with E-state index in [1.165, 1.54) is 0 Å². The highest BCUT2D eigenvalue weighted by molar-refractivity contribution is 5.94. The molecule has 1 aromatic carbocycles. The summed E-state index contributed by atoms with van der Waals surface area (Å²) in [5.74, 6) is -1.15. The van der Waals surface area contributed by atoms with Crippen molar-refractivity contribution in [1.82, 2.24) is 10.2 Å². The Morgan fingerprint density at radius 2 is 1.80 bits per heavy atom. The van der Waals surface area contributed by atoms with Crippen molar-refractivity contribution < 1.29 is 13.6 Å². The number of hydrogen-bond donors (Lipinski definition) is 1. The molecular formula is C14H19ClF2N2O. The largest absolute Gasteiger partial charge is 0.339 e. The van der Waals surface area contributed by atoms with Crippen LogP contribution in [0.4, 0.5) is 8.78 Å². The van der Waals surface area contributed by atoms with Crippen LogP contribution in [0.3, 0.4) is 0 Å². The van der Waals surface area contributed by atoms with Crippen LogP contribution in [0.5, 0.6) is 0 Å². The van der Waals surface area contributed by atoms with Crippen LogP contribution in [0.1, 0.15) is 23.2 Å². The van der Waals surface area contributed by atoms with E-state index in [0.717, 1.165) is 37.6 Å². The first-order valence-electron chi connectivity index (χ1n) is 6.50. The second-order valence-corrected chi connectivity index (χ2v) is 4.95. The predicted molar refractivity (Wildman–Crippen MR) is 76.2 cm³/mol. The van der Waals surface area contributed by atoms with E-state index in [4.69, 9.17) is 0 Å².